The summed E-state index contributed by atoms with van der Waals surface area (Å²) in [6.45, 7) is 0. The van der Waals surface area contributed by atoms with E-state index in [1.165, 1.54) is 0 Å². The van der Waals surface area contributed by atoms with Crippen molar-refractivity contribution in [1.29, 1.82) is 0 Å². The Balaban J connectivity index is 2.15. The van der Waals surface area contributed by atoms with Crippen LogP contribution < -0.4 is 0 Å². The van der Waals surface area contributed by atoms with Crippen molar-refractivity contribution in [3.8, 4) is 0 Å². The van der Waals surface area contributed by atoms with E-state index in [2.05, 4.69) is 4.98 Å². The van der Waals surface area contributed by atoms with Crippen LogP contribution in [0.5, 0.6) is 0 Å². The number of nitrogens with zero attached hydrogens (tertiary/aromatic N) is 1. The van der Waals surface area contributed by atoms with E-state index in [0.29, 0.717) is 12.0 Å². The molecule has 1 N–H and O–H groups in total. The molecule has 3 heteroatoms. The van der Waals surface area contributed by atoms with Gasteiger partial charge in [0.1, 0.15) is 0 Å². The van der Waals surface area contributed by atoms with Crippen LogP contribution in [0.15, 0.2) is 60.9 Å². The van der Waals surface area contributed by atoms with Crippen molar-refractivity contribution in [3.05, 3.63) is 77.6 Å². The zero-order chi connectivity index (χ0) is 13.9. The number of hydrogen-bond acceptors (Lipinski definition) is 2. The normalized spacial score (nSPS) is 10.6. The SMILES string of the molecule is O=C(O)c1c(Cc2cccnc2)ccc2ccccc12. The molecule has 0 radical (unpaired) electrons. The first kappa shape index (κ1) is 12.4. The third-order valence-corrected chi connectivity index (χ3v) is 3.35. The number of aromatic carboxylic acids is 1. The van der Waals surface area contributed by atoms with Crippen molar-refractivity contribution < 1.29 is 9.90 Å². The highest BCUT2D eigenvalue weighted by atomic mass is 16.4. The summed E-state index contributed by atoms with van der Waals surface area (Å²) in [6, 6.07) is 15.2. The van der Waals surface area contributed by atoms with E-state index in [0.717, 1.165) is 21.9 Å². The van der Waals surface area contributed by atoms with Crippen molar-refractivity contribution in [1.82, 2.24) is 4.98 Å². The van der Waals surface area contributed by atoms with Crippen LogP contribution in [0.1, 0.15) is 21.5 Å². The fourth-order valence-electron chi connectivity index (χ4n) is 2.44. The number of carbonyl (C=O) groups is 1. The van der Waals surface area contributed by atoms with E-state index in [1.54, 1.807) is 12.4 Å². The molecule has 1 aromatic heterocycles. The zero-order valence-electron chi connectivity index (χ0n) is 10.8. The number of carboxylic acids is 1. The van der Waals surface area contributed by atoms with E-state index in [4.69, 9.17) is 0 Å². The largest absolute Gasteiger partial charge is 0.478 e. The van der Waals surface area contributed by atoms with Crippen molar-refractivity contribution in [3.63, 3.8) is 0 Å². The van der Waals surface area contributed by atoms with Gasteiger partial charge in [-0.1, -0.05) is 42.5 Å². The Kier molecular flexibility index (Phi) is 3.17. The zero-order valence-corrected chi connectivity index (χ0v) is 10.8. The van der Waals surface area contributed by atoms with Crippen LogP contribution in [0.25, 0.3) is 10.8 Å². The smallest absolute Gasteiger partial charge is 0.336 e. The first-order valence-electron chi connectivity index (χ1n) is 6.38. The molecule has 0 bridgehead atoms. The molecule has 3 rings (SSSR count). The summed E-state index contributed by atoms with van der Waals surface area (Å²) in [6.07, 6.45) is 4.04. The lowest BCUT2D eigenvalue weighted by Gasteiger charge is -2.09. The number of carboxylic acid groups (broad SMARTS) is 1. The lowest BCUT2D eigenvalue weighted by Crippen LogP contribution is -2.04. The lowest BCUT2D eigenvalue weighted by molar-refractivity contribution is 0.0698. The molecule has 0 aliphatic heterocycles. The highest BCUT2D eigenvalue weighted by Crippen LogP contribution is 2.24. The Labute approximate surface area is 116 Å². The molecule has 0 unspecified atom stereocenters. The molecule has 0 fully saturated rings. The molecule has 0 aliphatic rings. The van der Waals surface area contributed by atoms with Gasteiger partial charge in [-0.3, -0.25) is 4.98 Å². The first-order valence-corrected chi connectivity index (χ1v) is 6.38. The van der Waals surface area contributed by atoms with Crippen LogP contribution in [0.2, 0.25) is 0 Å². The number of aromatic nitrogens is 1. The summed E-state index contributed by atoms with van der Waals surface area (Å²) in [7, 11) is 0. The molecule has 98 valence electrons. The van der Waals surface area contributed by atoms with E-state index >= 15 is 0 Å². The fraction of sp³-hybridized carbons (Fsp3) is 0.0588. The first-order chi connectivity index (χ1) is 9.75. The van der Waals surface area contributed by atoms with Gasteiger partial charge in [0.25, 0.3) is 0 Å². The molecule has 2 aromatic carbocycles. The van der Waals surface area contributed by atoms with Gasteiger partial charge < -0.3 is 5.11 Å². The summed E-state index contributed by atoms with van der Waals surface area (Å²) in [5.41, 5.74) is 2.20. The molecule has 20 heavy (non-hydrogen) atoms. The topological polar surface area (TPSA) is 50.2 Å². The summed E-state index contributed by atoms with van der Waals surface area (Å²) in [5.74, 6) is -0.888. The molecule has 0 aliphatic carbocycles. The molecule has 1 heterocycles. The van der Waals surface area contributed by atoms with Gasteiger partial charge in [0.2, 0.25) is 0 Å². The monoisotopic (exact) mass is 263 g/mol. The third kappa shape index (κ3) is 2.26. The van der Waals surface area contributed by atoms with Gasteiger partial charge in [-0.25, -0.2) is 4.79 Å². The minimum Gasteiger partial charge on any atom is -0.478 e. The Morgan fingerprint density at radius 1 is 1.05 bits per heavy atom. The minimum absolute atomic E-state index is 0.381. The minimum atomic E-state index is -0.888. The molecular formula is C17H13NO2. The predicted molar refractivity (Wildman–Crippen MR) is 78.0 cm³/mol. The molecule has 0 amide bonds. The van der Waals surface area contributed by atoms with Gasteiger partial charge in [0.05, 0.1) is 5.56 Å². The lowest BCUT2D eigenvalue weighted by atomic mass is 9.95. The van der Waals surface area contributed by atoms with Crippen LogP contribution >= 0.6 is 0 Å². The Bertz CT molecular complexity index is 766. The van der Waals surface area contributed by atoms with Crippen molar-refractivity contribution in [2.75, 3.05) is 0 Å². The summed E-state index contributed by atoms with van der Waals surface area (Å²) >= 11 is 0. The quantitative estimate of drug-likeness (QED) is 0.786. The number of rotatable bonds is 3. The van der Waals surface area contributed by atoms with Gasteiger partial charge in [-0.15, -0.1) is 0 Å². The fourth-order valence-corrected chi connectivity index (χ4v) is 2.44. The summed E-state index contributed by atoms with van der Waals surface area (Å²) in [5, 5.41) is 11.2. The van der Waals surface area contributed by atoms with Crippen molar-refractivity contribution in [2.45, 2.75) is 6.42 Å². The number of fused-ring (bicyclic) bond motifs is 1. The van der Waals surface area contributed by atoms with Crippen LogP contribution in [0.4, 0.5) is 0 Å². The third-order valence-electron chi connectivity index (χ3n) is 3.35. The standard InChI is InChI=1S/C17H13NO2/c19-17(20)16-14(10-12-4-3-9-18-11-12)8-7-13-5-1-2-6-15(13)16/h1-9,11H,10H2,(H,19,20). The molecule has 0 spiro atoms. The Morgan fingerprint density at radius 3 is 2.65 bits per heavy atom. The Hall–Kier alpha value is -2.68. The van der Waals surface area contributed by atoms with Gasteiger partial charge in [-0.2, -0.15) is 0 Å². The van der Waals surface area contributed by atoms with Gasteiger partial charge in [-0.05, 0) is 34.4 Å². The van der Waals surface area contributed by atoms with Crippen LogP contribution in [-0.4, -0.2) is 16.1 Å². The highest BCUT2D eigenvalue weighted by molar-refractivity contribution is 6.05. The van der Waals surface area contributed by atoms with Gasteiger partial charge in [0, 0.05) is 12.4 Å². The maximum atomic E-state index is 11.6. The maximum Gasteiger partial charge on any atom is 0.336 e. The predicted octanol–water partition coefficient (Wildman–Crippen LogP) is 3.52. The second-order valence-corrected chi connectivity index (χ2v) is 4.66. The van der Waals surface area contributed by atoms with Gasteiger partial charge in [0.15, 0.2) is 0 Å². The maximum absolute atomic E-state index is 11.6. The number of benzene rings is 2. The second kappa shape index (κ2) is 5.13. The van der Waals surface area contributed by atoms with E-state index in [1.807, 2.05) is 48.5 Å². The van der Waals surface area contributed by atoms with Crippen molar-refractivity contribution in [2.24, 2.45) is 0 Å². The summed E-state index contributed by atoms with van der Waals surface area (Å²) in [4.78, 5) is 15.7. The van der Waals surface area contributed by atoms with E-state index < -0.39 is 5.97 Å². The molecule has 0 saturated carbocycles. The van der Waals surface area contributed by atoms with Crippen molar-refractivity contribution >= 4 is 16.7 Å². The van der Waals surface area contributed by atoms with Gasteiger partial charge >= 0.3 is 5.97 Å². The highest BCUT2D eigenvalue weighted by Gasteiger charge is 2.14. The average molecular weight is 263 g/mol. The van der Waals surface area contributed by atoms with E-state index in [-0.39, 0.29) is 0 Å². The second-order valence-electron chi connectivity index (χ2n) is 4.66. The molecule has 3 nitrogen and oxygen atoms in total. The van der Waals surface area contributed by atoms with Crippen LogP contribution in [0.3, 0.4) is 0 Å². The van der Waals surface area contributed by atoms with Crippen LogP contribution in [0, 0.1) is 0 Å². The molecule has 0 atom stereocenters. The average Bonchev–Trinajstić information content (AvgIpc) is 2.47. The van der Waals surface area contributed by atoms with E-state index in [9.17, 15) is 9.90 Å². The number of pyridine rings is 1. The number of hydrogen-bond donors (Lipinski definition) is 1. The molecular weight excluding hydrogens is 250 g/mol. The molecule has 3 aromatic rings. The molecule has 0 saturated heterocycles. The Morgan fingerprint density at radius 2 is 1.90 bits per heavy atom. The summed E-state index contributed by atoms with van der Waals surface area (Å²) < 4.78 is 0. The van der Waals surface area contributed by atoms with Crippen LogP contribution in [-0.2, 0) is 6.42 Å².